The van der Waals surface area contributed by atoms with E-state index in [1.54, 1.807) is 0 Å². The third-order valence-corrected chi connectivity index (χ3v) is 3.95. The highest BCUT2D eigenvalue weighted by Crippen LogP contribution is 2.25. The molecule has 0 aromatic rings. The van der Waals surface area contributed by atoms with Crippen molar-refractivity contribution in [1.29, 1.82) is 0 Å². The van der Waals surface area contributed by atoms with Crippen molar-refractivity contribution in [3.8, 4) is 0 Å². The summed E-state index contributed by atoms with van der Waals surface area (Å²) < 4.78 is 5.26. The van der Waals surface area contributed by atoms with Crippen LogP contribution in [0, 0.1) is 5.92 Å². The van der Waals surface area contributed by atoms with Crippen molar-refractivity contribution in [3.05, 3.63) is 0 Å². The van der Waals surface area contributed by atoms with E-state index in [-0.39, 0.29) is 5.92 Å². The van der Waals surface area contributed by atoms with Crippen LogP contribution >= 0.6 is 0 Å². The van der Waals surface area contributed by atoms with Gasteiger partial charge in [0.2, 0.25) is 0 Å². The Kier molecular flexibility index (Phi) is 4.17. The molecular formula is C13H23NO3. The average Bonchev–Trinajstić information content (AvgIpc) is 2.64. The Labute approximate surface area is 103 Å². The zero-order valence-electron chi connectivity index (χ0n) is 10.7. The van der Waals surface area contributed by atoms with Crippen LogP contribution in [0.25, 0.3) is 0 Å². The Bertz CT molecular complexity index is 274. The maximum atomic E-state index is 11.6. The summed E-state index contributed by atoms with van der Waals surface area (Å²) in [5, 5.41) is 10.4. The maximum Gasteiger partial charge on any atom is 0.137 e. The molecule has 0 aromatic heterocycles. The van der Waals surface area contributed by atoms with Gasteiger partial charge in [0, 0.05) is 51.5 Å². The first-order chi connectivity index (χ1) is 8.09. The number of ketones is 1. The lowest BCUT2D eigenvalue weighted by molar-refractivity contribution is -0.121. The fourth-order valence-electron chi connectivity index (χ4n) is 2.93. The molecule has 1 N–H and O–H groups in total. The summed E-state index contributed by atoms with van der Waals surface area (Å²) in [5.74, 6) is 0.597. The van der Waals surface area contributed by atoms with Crippen molar-refractivity contribution in [2.24, 2.45) is 5.92 Å². The third kappa shape index (κ3) is 3.50. The van der Waals surface area contributed by atoms with Crippen molar-refractivity contribution >= 4 is 5.78 Å². The van der Waals surface area contributed by atoms with Gasteiger partial charge >= 0.3 is 0 Å². The molecule has 0 aromatic carbocycles. The fourth-order valence-corrected chi connectivity index (χ4v) is 2.93. The van der Waals surface area contributed by atoms with Gasteiger partial charge in [-0.1, -0.05) is 0 Å². The van der Waals surface area contributed by atoms with E-state index in [4.69, 9.17) is 4.74 Å². The Morgan fingerprint density at radius 2 is 2.18 bits per heavy atom. The van der Waals surface area contributed by atoms with Crippen LogP contribution in [0.5, 0.6) is 0 Å². The van der Waals surface area contributed by atoms with Crippen LogP contribution in [-0.4, -0.2) is 54.7 Å². The number of likely N-dealkylation sites (N-methyl/N-ethyl adjacent to an activating group) is 1. The van der Waals surface area contributed by atoms with Crippen LogP contribution in [-0.2, 0) is 9.53 Å². The summed E-state index contributed by atoms with van der Waals surface area (Å²) in [6.07, 6.45) is 4.21. The molecule has 1 atom stereocenters. The summed E-state index contributed by atoms with van der Waals surface area (Å²) in [4.78, 5) is 13.7. The molecule has 2 fully saturated rings. The predicted molar refractivity (Wildman–Crippen MR) is 64.8 cm³/mol. The van der Waals surface area contributed by atoms with Crippen LogP contribution in [0.2, 0.25) is 0 Å². The number of nitrogens with zero attached hydrogens (tertiary/aromatic N) is 1. The molecule has 0 radical (unpaired) electrons. The topological polar surface area (TPSA) is 49.8 Å². The molecule has 2 aliphatic rings. The number of carbonyl (C=O) groups is 1. The summed E-state index contributed by atoms with van der Waals surface area (Å²) in [5.41, 5.74) is -0.616. The van der Waals surface area contributed by atoms with Gasteiger partial charge in [-0.3, -0.25) is 4.79 Å². The van der Waals surface area contributed by atoms with Gasteiger partial charge < -0.3 is 14.7 Å². The van der Waals surface area contributed by atoms with E-state index in [1.165, 1.54) is 0 Å². The minimum Gasteiger partial charge on any atom is -0.388 e. The number of carbonyl (C=O) groups excluding carboxylic acids is 1. The molecule has 98 valence electrons. The van der Waals surface area contributed by atoms with E-state index in [9.17, 15) is 9.90 Å². The largest absolute Gasteiger partial charge is 0.388 e. The Morgan fingerprint density at radius 3 is 2.76 bits per heavy atom. The number of rotatable bonds is 4. The molecule has 2 rings (SSSR count). The zero-order chi connectivity index (χ0) is 12.3. The first-order valence-corrected chi connectivity index (χ1v) is 6.60. The second-order valence-corrected chi connectivity index (χ2v) is 5.59. The molecule has 0 spiro atoms. The molecule has 4 heteroatoms. The van der Waals surface area contributed by atoms with Gasteiger partial charge in [-0.25, -0.2) is 0 Å². The lowest BCUT2D eigenvalue weighted by Gasteiger charge is -2.36. The van der Waals surface area contributed by atoms with Crippen LogP contribution in [0.3, 0.4) is 0 Å². The molecule has 1 saturated heterocycles. The second kappa shape index (κ2) is 5.46. The average molecular weight is 241 g/mol. The van der Waals surface area contributed by atoms with Crippen molar-refractivity contribution in [3.63, 3.8) is 0 Å². The molecule has 1 unspecified atom stereocenters. The molecule has 0 amide bonds. The smallest absolute Gasteiger partial charge is 0.137 e. The normalized spacial score (nSPS) is 28.9. The first-order valence-electron chi connectivity index (χ1n) is 6.60. The monoisotopic (exact) mass is 241 g/mol. The van der Waals surface area contributed by atoms with Gasteiger partial charge in [-0.2, -0.15) is 0 Å². The highest BCUT2D eigenvalue weighted by Gasteiger charge is 2.33. The molecule has 17 heavy (non-hydrogen) atoms. The predicted octanol–water partition coefficient (Wildman–Crippen LogP) is 0.829. The van der Waals surface area contributed by atoms with Gasteiger partial charge in [-0.05, 0) is 19.9 Å². The lowest BCUT2D eigenvalue weighted by Crippen LogP contribution is -2.46. The Balaban J connectivity index is 1.79. The van der Waals surface area contributed by atoms with E-state index >= 15 is 0 Å². The Morgan fingerprint density at radius 1 is 1.47 bits per heavy atom. The van der Waals surface area contributed by atoms with Gasteiger partial charge in [-0.15, -0.1) is 0 Å². The van der Waals surface area contributed by atoms with E-state index in [0.717, 1.165) is 25.8 Å². The second-order valence-electron chi connectivity index (χ2n) is 5.59. The van der Waals surface area contributed by atoms with Gasteiger partial charge in [0.15, 0.2) is 0 Å². The highest BCUT2D eigenvalue weighted by molar-refractivity contribution is 5.83. The molecule has 1 aliphatic heterocycles. The quantitative estimate of drug-likeness (QED) is 0.792. The number of aliphatic hydroxyl groups is 1. The van der Waals surface area contributed by atoms with Gasteiger partial charge in [0.05, 0.1) is 5.60 Å². The molecule has 1 aliphatic carbocycles. The van der Waals surface area contributed by atoms with Gasteiger partial charge in [0.25, 0.3) is 0 Å². The SMILES string of the molecule is CN(CC1CCCC1=O)CC1(O)CCOCC1. The standard InChI is InChI=1S/C13H23NO3/c1-14(9-11-3-2-4-12(11)15)10-13(16)5-7-17-8-6-13/h11,16H,2-10H2,1H3. The number of Topliss-reactive ketones (excluding diaryl/α,β-unsaturated/α-hetero) is 1. The van der Waals surface area contributed by atoms with Crippen LogP contribution in [0.4, 0.5) is 0 Å². The summed E-state index contributed by atoms with van der Waals surface area (Å²) in [6.45, 7) is 2.74. The first kappa shape index (κ1) is 13.0. The Hall–Kier alpha value is -0.450. The van der Waals surface area contributed by atoms with Crippen molar-refractivity contribution in [1.82, 2.24) is 4.90 Å². The molecule has 1 heterocycles. The van der Waals surface area contributed by atoms with Crippen LogP contribution in [0.15, 0.2) is 0 Å². The number of ether oxygens (including phenoxy) is 1. The van der Waals surface area contributed by atoms with Crippen molar-refractivity contribution < 1.29 is 14.6 Å². The molecule has 0 bridgehead atoms. The minimum absolute atomic E-state index is 0.198. The fraction of sp³-hybridized carbons (Fsp3) is 0.923. The molecule has 1 saturated carbocycles. The van der Waals surface area contributed by atoms with Crippen LogP contribution in [0.1, 0.15) is 32.1 Å². The van der Waals surface area contributed by atoms with E-state index in [1.807, 2.05) is 7.05 Å². The zero-order valence-corrected chi connectivity index (χ0v) is 10.7. The number of hydrogen-bond acceptors (Lipinski definition) is 4. The van der Waals surface area contributed by atoms with Crippen LogP contribution < -0.4 is 0 Å². The van der Waals surface area contributed by atoms with Crippen molar-refractivity contribution in [2.75, 3.05) is 33.4 Å². The maximum absolute atomic E-state index is 11.6. The van der Waals surface area contributed by atoms with Gasteiger partial charge in [0.1, 0.15) is 5.78 Å². The van der Waals surface area contributed by atoms with E-state index < -0.39 is 5.60 Å². The van der Waals surface area contributed by atoms with E-state index in [2.05, 4.69) is 4.90 Å². The molecule has 4 nitrogen and oxygen atoms in total. The third-order valence-electron chi connectivity index (χ3n) is 3.95. The highest BCUT2D eigenvalue weighted by atomic mass is 16.5. The summed E-state index contributed by atoms with van der Waals surface area (Å²) in [7, 11) is 2.00. The minimum atomic E-state index is -0.616. The summed E-state index contributed by atoms with van der Waals surface area (Å²) in [6, 6.07) is 0. The van der Waals surface area contributed by atoms with Crippen molar-refractivity contribution in [2.45, 2.75) is 37.7 Å². The van der Waals surface area contributed by atoms with E-state index in [0.29, 0.717) is 38.4 Å². The number of hydrogen-bond donors (Lipinski definition) is 1. The molecular weight excluding hydrogens is 218 g/mol. The summed E-state index contributed by atoms with van der Waals surface area (Å²) >= 11 is 0. The lowest BCUT2D eigenvalue weighted by atomic mass is 9.93.